The third-order valence-electron chi connectivity index (χ3n) is 2.76. The normalized spacial score (nSPS) is 11.9. The minimum atomic E-state index is 0.214. The van der Waals surface area contributed by atoms with E-state index in [4.69, 9.17) is 16.3 Å². The van der Waals surface area contributed by atoms with Crippen LogP contribution in [-0.4, -0.2) is 11.1 Å². The second-order valence-electron chi connectivity index (χ2n) is 4.36. The van der Waals surface area contributed by atoms with Gasteiger partial charge in [-0.3, -0.25) is 0 Å². The molecule has 3 nitrogen and oxygen atoms in total. The quantitative estimate of drug-likeness (QED) is 0.807. The second-order valence-corrected chi connectivity index (χ2v) is 4.74. The van der Waals surface area contributed by atoms with Crippen molar-refractivity contribution in [2.75, 3.05) is 5.32 Å². The van der Waals surface area contributed by atoms with E-state index in [1.54, 1.807) is 12.3 Å². The number of halogens is 1. The smallest absolute Gasteiger partial charge is 0.131 e. The lowest BCUT2D eigenvalue weighted by Gasteiger charge is -2.14. The Morgan fingerprint density at radius 2 is 2.05 bits per heavy atom. The van der Waals surface area contributed by atoms with Crippen LogP contribution in [0, 0.1) is 0 Å². The van der Waals surface area contributed by atoms with Crippen molar-refractivity contribution in [2.24, 2.45) is 0 Å². The third-order valence-corrected chi connectivity index (χ3v) is 2.97. The number of ether oxygens (including phenoxy) is 1. The highest BCUT2D eigenvalue weighted by molar-refractivity contribution is 6.29. The first kappa shape index (κ1) is 13.7. The van der Waals surface area contributed by atoms with E-state index in [9.17, 15) is 0 Å². The number of nitrogens with one attached hydrogen (secondary N) is 1. The summed E-state index contributed by atoms with van der Waals surface area (Å²) in [5, 5.41) is 3.74. The highest BCUT2D eigenvalue weighted by Gasteiger charge is 2.02. The molecule has 1 unspecified atom stereocenters. The van der Waals surface area contributed by atoms with E-state index in [0.29, 0.717) is 5.15 Å². The number of benzene rings is 1. The summed E-state index contributed by atoms with van der Waals surface area (Å²) in [6.07, 6.45) is 2.87. The van der Waals surface area contributed by atoms with Crippen LogP contribution in [0.5, 0.6) is 5.75 Å². The molecule has 1 atom stereocenters. The lowest BCUT2D eigenvalue weighted by Crippen LogP contribution is -2.09. The molecule has 1 aromatic carbocycles. The van der Waals surface area contributed by atoms with E-state index >= 15 is 0 Å². The van der Waals surface area contributed by atoms with Crippen LogP contribution in [0.2, 0.25) is 5.15 Å². The van der Waals surface area contributed by atoms with Crippen molar-refractivity contribution in [1.82, 2.24) is 4.98 Å². The Morgan fingerprint density at radius 3 is 2.79 bits per heavy atom. The van der Waals surface area contributed by atoms with Gasteiger partial charge in [-0.05, 0) is 37.6 Å². The summed E-state index contributed by atoms with van der Waals surface area (Å²) in [4.78, 5) is 3.95. The number of hydrogen-bond donors (Lipinski definition) is 1. The first-order chi connectivity index (χ1) is 9.17. The number of pyridine rings is 1. The van der Waals surface area contributed by atoms with Crippen LogP contribution in [0.4, 0.5) is 11.4 Å². The van der Waals surface area contributed by atoms with Gasteiger partial charge in [-0.2, -0.15) is 0 Å². The molecule has 0 spiro atoms. The van der Waals surface area contributed by atoms with Crippen molar-refractivity contribution < 1.29 is 4.74 Å². The van der Waals surface area contributed by atoms with Crippen LogP contribution >= 0.6 is 11.6 Å². The van der Waals surface area contributed by atoms with Crippen molar-refractivity contribution in [3.8, 4) is 5.75 Å². The SMILES string of the molecule is CCC(C)Oc1cccc(Nc2ccnc(Cl)c2)c1. The molecule has 0 amide bonds. The van der Waals surface area contributed by atoms with E-state index in [0.717, 1.165) is 23.5 Å². The van der Waals surface area contributed by atoms with Gasteiger partial charge in [0.1, 0.15) is 10.9 Å². The monoisotopic (exact) mass is 276 g/mol. The predicted octanol–water partition coefficient (Wildman–Crippen LogP) is 4.66. The van der Waals surface area contributed by atoms with Gasteiger partial charge in [0, 0.05) is 23.6 Å². The summed E-state index contributed by atoms with van der Waals surface area (Å²) in [5.41, 5.74) is 1.86. The lowest BCUT2D eigenvalue weighted by molar-refractivity contribution is 0.217. The molecule has 4 heteroatoms. The molecule has 1 N–H and O–H groups in total. The van der Waals surface area contributed by atoms with Crippen molar-refractivity contribution in [3.63, 3.8) is 0 Å². The number of aromatic nitrogens is 1. The van der Waals surface area contributed by atoms with Gasteiger partial charge in [0.25, 0.3) is 0 Å². The lowest BCUT2D eigenvalue weighted by atomic mass is 10.2. The summed E-state index contributed by atoms with van der Waals surface area (Å²) < 4.78 is 5.79. The van der Waals surface area contributed by atoms with E-state index in [1.165, 1.54) is 0 Å². The second kappa shape index (κ2) is 6.43. The summed E-state index contributed by atoms with van der Waals surface area (Å²) in [5.74, 6) is 0.861. The maximum absolute atomic E-state index is 5.85. The van der Waals surface area contributed by atoms with Crippen LogP contribution in [0.1, 0.15) is 20.3 Å². The Kier molecular flexibility index (Phi) is 4.63. The van der Waals surface area contributed by atoms with Gasteiger partial charge in [-0.25, -0.2) is 4.98 Å². The standard InChI is InChI=1S/C15H17ClN2O/c1-3-11(2)19-14-6-4-5-12(9-14)18-13-7-8-17-15(16)10-13/h4-11H,3H2,1-2H3,(H,17,18). The van der Waals surface area contributed by atoms with Gasteiger partial charge in [0.2, 0.25) is 0 Å². The summed E-state index contributed by atoms with van der Waals surface area (Å²) >= 11 is 5.85. The highest BCUT2D eigenvalue weighted by atomic mass is 35.5. The van der Waals surface area contributed by atoms with Crippen molar-refractivity contribution >= 4 is 23.0 Å². The van der Waals surface area contributed by atoms with E-state index in [-0.39, 0.29) is 6.10 Å². The molecule has 0 aliphatic carbocycles. The zero-order chi connectivity index (χ0) is 13.7. The third kappa shape index (κ3) is 4.14. The first-order valence-corrected chi connectivity index (χ1v) is 6.70. The fourth-order valence-corrected chi connectivity index (χ4v) is 1.78. The molecule has 1 heterocycles. The Labute approximate surface area is 118 Å². The highest BCUT2D eigenvalue weighted by Crippen LogP contribution is 2.23. The molecule has 0 fully saturated rings. The van der Waals surface area contributed by atoms with E-state index < -0.39 is 0 Å². The fourth-order valence-electron chi connectivity index (χ4n) is 1.61. The van der Waals surface area contributed by atoms with Crippen molar-refractivity contribution in [1.29, 1.82) is 0 Å². The Hall–Kier alpha value is -1.74. The average molecular weight is 277 g/mol. The molecule has 2 aromatic rings. The maximum Gasteiger partial charge on any atom is 0.131 e. The Morgan fingerprint density at radius 1 is 1.26 bits per heavy atom. The Bertz CT molecular complexity index is 545. The van der Waals surface area contributed by atoms with Crippen LogP contribution < -0.4 is 10.1 Å². The average Bonchev–Trinajstić information content (AvgIpc) is 2.39. The van der Waals surface area contributed by atoms with Gasteiger partial charge in [-0.15, -0.1) is 0 Å². The molecule has 1 aromatic heterocycles. The maximum atomic E-state index is 5.85. The summed E-state index contributed by atoms with van der Waals surface area (Å²) in [7, 11) is 0. The van der Waals surface area contributed by atoms with Gasteiger partial charge in [-0.1, -0.05) is 24.6 Å². The summed E-state index contributed by atoms with van der Waals surface area (Å²) in [6, 6.07) is 11.5. The summed E-state index contributed by atoms with van der Waals surface area (Å²) in [6.45, 7) is 4.16. The fraction of sp³-hybridized carbons (Fsp3) is 0.267. The molecule has 2 rings (SSSR count). The van der Waals surface area contributed by atoms with E-state index in [2.05, 4.69) is 24.1 Å². The zero-order valence-electron chi connectivity index (χ0n) is 11.1. The number of nitrogens with zero attached hydrogens (tertiary/aromatic N) is 1. The predicted molar refractivity (Wildman–Crippen MR) is 79.4 cm³/mol. The van der Waals surface area contributed by atoms with Gasteiger partial charge < -0.3 is 10.1 Å². The number of anilines is 2. The molecule has 100 valence electrons. The van der Waals surface area contributed by atoms with Gasteiger partial charge >= 0.3 is 0 Å². The molecule has 0 radical (unpaired) electrons. The van der Waals surface area contributed by atoms with Gasteiger partial charge in [0.15, 0.2) is 0 Å². The molecular formula is C15H17ClN2O. The molecule has 0 aliphatic rings. The van der Waals surface area contributed by atoms with E-state index in [1.807, 2.05) is 30.3 Å². The largest absolute Gasteiger partial charge is 0.491 e. The van der Waals surface area contributed by atoms with Crippen LogP contribution in [0.3, 0.4) is 0 Å². The van der Waals surface area contributed by atoms with Crippen LogP contribution in [0.25, 0.3) is 0 Å². The first-order valence-electron chi connectivity index (χ1n) is 6.32. The topological polar surface area (TPSA) is 34.1 Å². The molecule has 0 bridgehead atoms. The zero-order valence-corrected chi connectivity index (χ0v) is 11.8. The number of hydrogen-bond acceptors (Lipinski definition) is 3. The molecular weight excluding hydrogens is 260 g/mol. The van der Waals surface area contributed by atoms with Crippen molar-refractivity contribution in [3.05, 3.63) is 47.7 Å². The molecule has 0 aliphatic heterocycles. The Balaban J connectivity index is 2.10. The minimum absolute atomic E-state index is 0.214. The van der Waals surface area contributed by atoms with Crippen molar-refractivity contribution in [2.45, 2.75) is 26.4 Å². The van der Waals surface area contributed by atoms with Crippen LogP contribution in [0.15, 0.2) is 42.6 Å². The molecule has 0 saturated heterocycles. The number of rotatable bonds is 5. The molecule has 0 saturated carbocycles. The van der Waals surface area contributed by atoms with Gasteiger partial charge in [0.05, 0.1) is 6.10 Å². The minimum Gasteiger partial charge on any atom is -0.491 e. The molecule has 19 heavy (non-hydrogen) atoms. The van der Waals surface area contributed by atoms with Crippen LogP contribution in [-0.2, 0) is 0 Å².